The zero-order chi connectivity index (χ0) is 15.4. The number of amides is 1. The smallest absolute Gasteiger partial charge is 0.227 e. The van der Waals surface area contributed by atoms with Crippen molar-refractivity contribution in [1.29, 1.82) is 0 Å². The SMILES string of the molecule is C=CCC(=O)N1CCc2cc(OC)c(OC)cc2C1C=C. The predicted molar refractivity (Wildman–Crippen MR) is 82.7 cm³/mol. The van der Waals surface area contributed by atoms with Crippen molar-refractivity contribution in [3.63, 3.8) is 0 Å². The lowest BCUT2D eigenvalue weighted by atomic mass is 9.91. The normalized spacial score (nSPS) is 16.9. The molecule has 1 amide bonds. The van der Waals surface area contributed by atoms with E-state index in [4.69, 9.17) is 9.47 Å². The summed E-state index contributed by atoms with van der Waals surface area (Å²) in [6.45, 7) is 8.19. The molecule has 1 aliphatic rings. The van der Waals surface area contributed by atoms with Crippen molar-refractivity contribution in [1.82, 2.24) is 4.90 Å². The molecule has 1 heterocycles. The Morgan fingerprint density at radius 1 is 1.33 bits per heavy atom. The van der Waals surface area contributed by atoms with Crippen LogP contribution in [0.25, 0.3) is 0 Å². The Morgan fingerprint density at radius 2 is 2.00 bits per heavy atom. The van der Waals surface area contributed by atoms with Crippen LogP contribution in [0.3, 0.4) is 0 Å². The first kappa shape index (κ1) is 15.2. The fraction of sp³-hybridized carbons (Fsp3) is 0.353. The minimum atomic E-state index is -0.138. The third kappa shape index (κ3) is 2.79. The van der Waals surface area contributed by atoms with Crippen molar-refractivity contribution >= 4 is 5.91 Å². The van der Waals surface area contributed by atoms with E-state index in [1.807, 2.05) is 17.0 Å². The second-order valence-electron chi connectivity index (χ2n) is 4.92. The second-order valence-corrected chi connectivity index (χ2v) is 4.92. The highest BCUT2D eigenvalue weighted by molar-refractivity contribution is 5.79. The van der Waals surface area contributed by atoms with Crippen LogP contribution < -0.4 is 9.47 Å². The van der Waals surface area contributed by atoms with E-state index in [1.54, 1.807) is 26.4 Å². The first-order valence-corrected chi connectivity index (χ1v) is 6.94. The average Bonchev–Trinajstić information content (AvgIpc) is 2.52. The van der Waals surface area contributed by atoms with Gasteiger partial charge in [-0.25, -0.2) is 0 Å². The van der Waals surface area contributed by atoms with Gasteiger partial charge in [0, 0.05) is 13.0 Å². The summed E-state index contributed by atoms with van der Waals surface area (Å²) in [5.74, 6) is 1.45. The molecular weight excluding hydrogens is 266 g/mol. The molecule has 2 rings (SSSR count). The van der Waals surface area contributed by atoms with Gasteiger partial charge in [0.25, 0.3) is 0 Å². The van der Waals surface area contributed by atoms with Crippen molar-refractivity contribution in [3.05, 3.63) is 48.6 Å². The molecule has 0 radical (unpaired) electrons. The van der Waals surface area contributed by atoms with E-state index >= 15 is 0 Å². The molecule has 1 atom stereocenters. The average molecular weight is 287 g/mol. The summed E-state index contributed by atoms with van der Waals surface area (Å²) < 4.78 is 10.7. The predicted octanol–water partition coefficient (Wildman–Crippen LogP) is 2.89. The quantitative estimate of drug-likeness (QED) is 0.782. The highest BCUT2D eigenvalue weighted by Gasteiger charge is 2.29. The third-order valence-electron chi connectivity index (χ3n) is 3.78. The molecule has 1 aliphatic heterocycles. The summed E-state index contributed by atoms with van der Waals surface area (Å²) in [6.07, 6.45) is 4.56. The van der Waals surface area contributed by atoms with Gasteiger partial charge in [0.2, 0.25) is 5.91 Å². The molecule has 112 valence electrons. The molecule has 0 N–H and O–H groups in total. The summed E-state index contributed by atoms with van der Waals surface area (Å²) in [5, 5.41) is 0. The lowest BCUT2D eigenvalue weighted by Crippen LogP contribution is -2.39. The van der Waals surface area contributed by atoms with Gasteiger partial charge in [0.15, 0.2) is 11.5 Å². The number of benzene rings is 1. The van der Waals surface area contributed by atoms with Gasteiger partial charge in [0.1, 0.15) is 0 Å². The molecule has 0 saturated carbocycles. The van der Waals surface area contributed by atoms with Crippen molar-refractivity contribution in [3.8, 4) is 11.5 Å². The van der Waals surface area contributed by atoms with Crippen molar-refractivity contribution in [2.75, 3.05) is 20.8 Å². The molecule has 1 aromatic carbocycles. The van der Waals surface area contributed by atoms with Crippen LogP contribution in [0, 0.1) is 0 Å². The number of rotatable bonds is 5. The van der Waals surface area contributed by atoms with Gasteiger partial charge in [-0.15, -0.1) is 13.2 Å². The standard InChI is InChI=1S/C17H21NO3/c1-5-7-17(19)18-9-8-12-10-15(20-3)16(21-4)11-13(12)14(18)6-2/h5-6,10-11,14H,1-2,7-9H2,3-4H3. The fourth-order valence-corrected chi connectivity index (χ4v) is 2.75. The van der Waals surface area contributed by atoms with Crippen LogP contribution in [0.15, 0.2) is 37.4 Å². The molecule has 0 spiro atoms. The van der Waals surface area contributed by atoms with Gasteiger partial charge in [-0.2, -0.15) is 0 Å². The number of hydrogen-bond acceptors (Lipinski definition) is 3. The van der Waals surface area contributed by atoms with Gasteiger partial charge in [0.05, 0.1) is 20.3 Å². The Morgan fingerprint density at radius 3 is 2.57 bits per heavy atom. The Labute approximate surface area is 125 Å². The van der Waals surface area contributed by atoms with E-state index in [9.17, 15) is 4.79 Å². The minimum absolute atomic E-state index is 0.0651. The molecule has 1 unspecified atom stereocenters. The minimum Gasteiger partial charge on any atom is -0.493 e. The monoisotopic (exact) mass is 287 g/mol. The maximum Gasteiger partial charge on any atom is 0.227 e. The molecule has 0 fully saturated rings. The lowest BCUT2D eigenvalue weighted by Gasteiger charge is -2.36. The molecule has 0 aliphatic carbocycles. The van der Waals surface area contributed by atoms with Crippen LogP contribution in [0.4, 0.5) is 0 Å². The van der Waals surface area contributed by atoms with Crippen LogP contribution >= 0.6 is 0 Å². The van der Waals surface area contributed by atoms with Gasteiger partial charge in [-0.1, -0.05) is 12.2 Å². The first-order valence-electron chi connectivity index (χ1n) is 6.94. The van der Waals surface area contributed by atoms with Crippen molar-refractivity contribution < 1.29 is 14.3 Å². The van der Waals surface area contributed by atoms with Gasteiger partial charge in [-0.3, -0.25) is 4.79 Å². The Kier molecular flexibility index (Phi) is 4.68. The summed E-state index contributed by atoms with van der Waals surface area (Å²) >= 11 is 0. The zero-order valence-corrected chi connectivity index (χ0v) is 12.6. The fourth-order valence-electron chi connectivity index (χ4n) is 2.75. The summed E-state index contributed by atoms with van der Waals surface area (Å²) in [5.41, 5.74) is 2.21. The van der Waals surface area contributed by atoms with Crippen LogP contribution in [0.5, 0.6) is 11.5 Å². The molecule has 4 heteroatoms. The molecule has 21 heavy (non-hydrogen) atoms. The maximum atomic E-state index is 12.2. The topological polar surface area (TPSA) is 38.8 Å². The van der Waals surface area contributed by atoms with Gasteiger partial charge >= 0.3 is 0 Å². The van der Waals surface area contributed by atoms with Crippen LogP contribution in [0.2, 0.25) is 0 Å². The van der Waals surface area contributed by atoms with E-state index in [1.165, 1.54) is 5.56 Å². The molecule has 0 saturated heterocycles. The number of nitrogens with zero attached hydrogens (tertiary/aromatic N) is 1. The zero-order valence-electron chi connectivity index (χ0n) is 12.6. The Hall–Kier alpha value is -2.23. The number of methoxy groups -OCH3 is 2. The second kappa shape index (κ2) is 6.48. The largest absolute Gasteiger partial charge is 0.493 e. The van der Waals surface area contributed by atoms with E-state index in [0.29, 0.717) is 24.5 Å². The van der Waals surface area contributed by atoms with E-state index in [-0.39, 0.29) is 11.9 Å². The number of fused-ring (bicyclic) bond motifs is 1. The summed E-state index contributed by atoms with van der Waals surface area (Å²) in [6, 6.07) is 3.79. The number of carbonyl (C=O) groups is 1. The molecule has 1 aromatic rings. The van der Waals surface area contributed by atoms with E-state index in [2.05, 4.69) is 13.2 Å². The number of ether oxygens (including phenoxy) is 2. The number of hydrogen-bond donors (Lipinski definition) is 0. The van der Waals surface area contributed by atoms with Crippen molar-refractivity contribution in [2.24, 2.45) is 0 Å². The van der Waals surface area contributed by atoms with Gasteiger partial charge in [-0.05, 0) is 29.7 Å². The summed E-state index contributed by atoms with van der Waals surface area (Å²) in [4.78, 5) is 14.0. The lowest BCUT2D eigenvalue weighted by molar-refractivity contribution is -0.132. The van der Waals surface area contributed by atoms with E-state index < -0.39 is 0 Å². The molecular formula is C17H21NO3. The Balaban J connectivity index is 2.44. The van der Waals surface area contributed by atoms with Crippen LogP contribution in [0.1, 0.15) is 23.6 Å². The molecule has 0 bridgehead atoms. The molecule has 0 aromatic heterocycles. The van der Waals surface area contributed by atoms with Gasteiger partial charge < -0.3 is 14.4 Å². The first-order chi connectivity index (χ1) is 10.2. The maximum absolute atomic E-state index is 12.2. The van der Waals surface area contributed by atoms with E-state index in [0.717, 1.165) is 12.0 Å². The summed E-state index contributed by atoms with van der Waals surface area (Å²) in [7, 11) is 3.23. The third-order valence-corrected chi connectivity index (χ3v) is 3.78. The van der Waals surface area contributed by atoms with Crippen molar-refractivity contribution in [2.45, 2.75) is 18.9 Å². The Bertz CT molecular complexity index is 565. The molecule has 4 nitrogen and oxygen atoms in total. The number of carbonyl (C=O) groups excluding carboxylic acids is 1. The van der Waals surface area contributed by atoms with Crippen LogP contribution in [-0.2, 0) is 11.2 Å². The van der Waals surface area contributed by atoms with Crippen LogP contribution in [-0.4, -0.2) is 31.6 Å². The highest BCUT2D eigenvalue weighted by Crippen LogP contribution is 2.38. The highest BCUT2D eigenvalue weighted by atomic mass is 16.5.